The number of ether oxygens (including phenoxy) is 1. The van der Waals surface area contributed by atoms with Crippen molar-refractivity contribution in [2.45, 2.75) is 20.4 Å². The van der Waals surface area contributed by atoms with Crippen molar-refractivity contribution < 1.29 is 9.53 Å². The van der Waals surface area contributed by atoms with Crippen molar-refractivity contribution in [2.75, 3.05) is 7.11 Å². The van der Waals surface area contributed by atoms with Crippen LogP contribution in [-0.4, -0.2) is 32.8 Å². The van der Waals surface area contributed by atoms with E-state index >= 15 is 0 Å². The molecule has 1 amide bonds. The molecule has 7 nitrogen and oxygen atoms in total. The zero-order valence-electron chi connectivity index (χ0n) is 14.4. The van der Waals surface area contributed by atoms with Gasteiger partial charge in [0.05, 0.1) is 12.8 Å². The second-order valence-electron chi connectivity index (χ2n) is 5.63. The maximum Gasteiger partial charge on any atom is 0.251 e. The molecule has 3 rings (SSSR count). The summed E-state index contributed by atoms with van der Waals surface area (Å²) in [7, 11) is 1.51. The number of amides is 1. The molecule has 1 N–H and O–H groups in total. The molecule has 128 valence electrons. The fourth-order valence-electron chi connectivity index (χ4n) is 2.45. The molecule has 0 aliphatic rings. The van der Waals surface area contributed by atoms with Gasteiger partial charge in [0.25, 0.3) is 5.91 Å². The van der Waals surface area contributed by atoms with Gasteiger partial charge in [0.1, 0.15) is 0 Å². The molecule has 0 radical (unpaired) electrons. The minimum absolute atomic E-state index is 0.191. The van der Waals surface area contributed by atoms with Crippen LogP contribution in [0.4, 0.5) is 0 Å². The molecule has 0 spiro atoms. The van der Waals surface area contributed by atoms with Crippen LogP contribution in [0.15, 0.2) is 42.7 Å². The molecule has 0 saturated heterocycles. The normalized spacial score (nSPS) is 10.5. The summed E-state index contributed by atoms with van der Waals surface area (Å²) in [6.45, 7) is 4.31. The number of pyridine rings is 2. The van der Waals surface area contributed by atoms with Gasteiger partial charge in [0.2, 0.25) is 5.88 Å². The summed E-state index contributed by atoms with van der Waals surface area (Å²) in [6.07, 6.45) is 3.28. The third-order valence-corrected chi connectivity index (χ3v) is 3.69. The fraction of sp³-hybridized carbons (Fsp3) is 0.222. The number of carbonyl (C=O) groups is 1. The van der Waals surface area contributed by atoms with E-state index in [1.165, 1.54) is 7.11 Å². The van der Waals surface area contributed by atoms with Crippen molar-refractivity contribution in [2.24, 2.45) is 0 Å². The Kier molecular flexibility index (Phi) is 4.74. The predicted molar refractivity (Wildman–Crippen MR) is 92.8 cm³/mol. The lowest BCUT2D eigenvalue weighted by molar-refractivity contribution is 0.0950. The Hall–Kier alpha value is -3.22. The summed E-state index contributed by atoms with van der Waals surface area (Å²) in [5.41, 5.74) is 3.37. The van der Waals surface area contributed by atoms with Crippen molar-refractivity contribution in [3.63, 3.8) is 0 Å². The van der Waals surface area contributed by atoms with E-state index in [2.05, 4.69) is 20.4 Å². The first-order valence-electron chi connectivity index (χ1n) is 7.83. The highest BCUT2D eigenvalue weighted by molar-refractivity contribution is 5.94. The van der Waals surface area contributed by atoms with Gasteiger partial charge in [0, 0.05) is 36.3 Å². The van der Waals surface area contributed by atoms with Crippen LogP contribution in [0.1, 0.15) is 27.3 Å². The monoisotopic (exact) mass is 337 g/mol. The molecule has 0 saturated carbocycles. The van der Waals surface area contributed by atoms with Gasteiger partial charge >= 0.3 is 0 Å². The Morgan fingerprint density at radius 2 is 2.04 bits per heavy atom. The number of aryl methyl sites for hydroxylation is 2. The molecular weight excluding hydrogens is 318 g/mol. The summed E-state index contributed by atoms with van der Waals surface area (Å²) < 4.78 is 6.82. The van der Waals surface area contributed by atoms with Crippen LogP contribution in [0.25, 0.3) is 5.82 Å². The van der Waals surface area contributed by atoms with Gasteiger partial charge in [-0.3, -0.25) is 4.79 Å². The van der Waals surface area contributed by atoms with E-state index in [0.29, 0.717) is 18.0 Å². The average Bonchev–Trinajstić information content (AvgIpc) is 2.98. The molecule has 0 fully saturated rings. The van der Waals surface area contributed by atoms with E-state index in [0.717, 1.165) is 22.8 Å². The first kappa shape index (κ1) is 16.6. The van der Waals surface area contributed by atoms with E-state index in [4.69, 9.17) is 4.74 Å². The molecular formula is C18H19N5O2. The molecule has 3 aromatic heterocycles. The molecule has 0 aromatic carbocycles. The van der Waals surface area contributed by atoms with Crippen LogP contribution in [0.3, 0.4) is 0 Å². The molecule has 3 heterocycles. The SMILES string of the molecule is COc1cc(C(=O)NCc2ccc(-n3nc(C)cc3C)nc2)ccn1. The highest BCUT2D eigenvalue weighted by atomic mass is 16.5. The Morgan fingerprint density at radius 3 is 2.68 bits per heavy atom. The lowest BCUT2D eigenvalue weighted by Crippen LogP contribution is -2.23. The number of hydrogen-bond acceptors (Lipinski definition) is 5. The fourth-order valence-corrected chi connectivity index (χ4v) is 2.45. The zero-order chi connectivity index (χ0) is 17.8. The maximum absolute atomic E-state index is 12.2. The largest absolute Gasteiger partial charge is 0.481 e. The number of nitrogens with zero attached hydrogens (tertiary/aromatic N) is 4. The van der Waals surface area contributed by atoms with Crippen LogP contribution in [0.2, 0.25) is 0 Å². The minimum Gasteiger partial charge on any atom is -0.481 e. The second-order valence-corrected chi connectivity index (χ2v) is 5.63. The van der Waals surface area contributed by atoms with Gasteiger partial charge < -0.3 is 10.1 Å². The van der Waals surface area contributed by atoms with Gasteiger partial charge in [0.15, 0.2) is 5.82 Å². The number of methoxy groups -OCH3 is 1. The van der Waals surface area contributed by atoms with Gasteiger partial charge in [-0.05, 0) is 37.6 Å². The van der Waals surface area contributed by atoms with E-state index in [1.54, 1.807) is 29.2 Å². The Bertz CT molecular complexity index is 887. The maximum atomic E-state index is 12.2. The predicted octanol–water partition coefficient (Wildman–Crippen LogP) is 2.22. The van der Waals surface area contributed by atoms with Crippen molar-refractivity contribution in [3.05, 3.63) is 65.2 Å². The average molecular weight is 337 g/mol. The van der Waals surface area contributed by atoms with Crippen LogP contribution in [-0.2, 0) is 6.54 Å². The van der Waals surface area contributed by atoms with E-state index in [-0.39, 0.29) is 5.91 Å². The number of carbonyl (C=O) groups excluding carboxylic acids is 1. The number of hydrogen-bond donors (Lipinski definition) is 1. The topological polar surface area (TPSA) is 81.9 Å². The standard InChI is InChI=1S/C18H19N5O2/c1-12-8-13(2)23(22-12)16-5-4-14(10-20-16)11-21-18(24)15-6-7-19-17(9-15)25-3/h4-10H,11H2,1-3H3,(H,21,24). The van der Waals surface area contributed by atoms with Crippen LogP contribution in [0, 0.1) is 13.8 Å². The molecule has 3 aromatic rings. The molecule has 0 aliphatic carbocycles. The van der Waals surface area contributed by atoms with Gasteiger partial charge in [-0.1, -0.05) is 6.07 Å². The Balaban J connectivity index is 1.65. The van der Waals surface area contributed by atoms with Crippen molar-refractivity contribution in [1.82, 2.24) is 25.1 Å². The van der Waals surface area contributed by atoms with Gasteiger partial charge in [-0.15, -0.1) is 0 Å². The lowest BCUT2D eigenvalue weighted by atomic mass is 10.2. The highest BCUT2D eigenvalue weighted by Gasteiger charge is 2.08. The molecule has 0 bridgehead atoms. The van der Waals surface area contributed by atoms with Crippen LogP contribution < -0.4 is 10.1 Å². The number of nitrogens with one attached hydrogen (secondary N) is 1. The second kappa shape index (κ2) is 7.12. The third-order valence-electron chi connectivity index (χ3n) is 3.69. The molecule has 0 unspecified atom stereocenters. The number of aromatic nitrogens is 4. The quantitative estimate of drug-likeness (QED) is 0.772. The van der Waals surface area contributed by atoms with E-state index in [9.17, 15) is 4.79 Å². The summed E-state index contributed by atoms with van der Waals surface area (Å²) in [5, 5.41) is 7.26. The van der Waals surface area contributed by atoms with E-state index < -0.39 is 0 Å². The lowest BCUT2D eigenvalue weighted by Gasteiger charge is -2.07. The molecule has 0 aliphatic heterocycles. The zero-order valence-corrected chi connectivity index (χ0v) is 14.4. The summed E-state index contributed by atoms with van der Waals surface area (Å²) in [4.78, 5) is 20.6. The van der Waals surface area contributed by atoms with Crippen molar-refractivity contribution in [1.29, 1.82) is 0 Å². The minimum atomic E-state index is -0.191. The first-order chi connectivity index (χ1) is 12.1. The molecule has 25 heavy (non-hydrogen) atoms. The Morgan fingerprint density at radius 1 is 1.20 bits per heavy atom. The molecule has 7 heteroatoms. The van der Waals surface area contributed by atoms with Crippen molar-refractivity contribution in [3.8, 4) is 11.7 Å². The Labute approximate surface area is 145 Å². The summed E-state index contributed by atoms with van der Waals surface area (Å²) >= 11 is 0. The van der Waals surface area contributed by atoms with Gasteiger partial charge in [-0.25, -0.2) is 14.6 Å². The van der Waals surface area contributed by atoms with Gasteiger partial charge in [-0.2, -0.15) is 5.10 Å². The van der Waals surface area contributed by atoms with Crippen LogP contribution in [0.5, 0.6) is 5.88 Å². The summed E-state index contributed by atoms with van der Waals surface area (Å²) in [5.74, 6) is 0.964. The number of rotatable bonds is 5. The highest BCUT2D eigenvalue weighted by Crippen LogP contribution is 2.11. The van der Waals surface area contributed by atoms with E-state index in [1.807, 2.05) is 32.0 Å². The summed E-state index contributed by atoms with van der Waals surface area (Å²) in [6, 6.07) is 9.04. The third kappa shape index (κ3) is 3.82. The van der Waals surface area contributed by atoms with Crippen LogP contribution >= 0.6 is 0 Å². The smallest absolute Gasteiger partial charge is 0.251 e. The first-order valence-corrected chi connectivity index (χ1v) is 7.83. The van der Waals surface area contributed by atoms with Crippen molar-refractivity contribution >= 4 is 5.91 Å². The molecule has 0 atom stereocenters.